The summed E-state index contributed by atoms with van der Waals surface area (Å²) in [6.07, 6.45) is 1.14. The Balaban J connectivity index is 1.85. The molecule has 0 aliphatic carbocycles. The molecule has 75 valence electrons. The van der Waals surface area contributed by atoms with Gasteiger partial charge in [-0.1, -0.05) is 12.1 Å². The molecule has 3 nitrogen and oxygen atoms in total. The Bertz CT molecular complexity index is 295. The first-order chi connectivity index (χ1) is 6.84. The number of nitrogens with zero attached hydrogens (tertiary/aromatic N) is 1. The molecule has 2 N–H and O–H groups in total. The van der Waals surface area contributed by atoms with Crippen LogP contribution < -0.4 is 10.6 Å². The van der Waals surface area contributed by atoms with Gasteiger partial charge in [-0.3, -0.25) is 0 Å². The van der Waals surface area contributed by atoms with Gasteiger partial charge < -0.3 is 10.4 Å². The van der Waals surface area contributed by atoms with Gasteiger partial charge in [0.05, 0.1) is 0 Å². The summed E-state index contributed by atoms with van der Waals surface area (Å²) in [5.41, 5.74) is 1.12. The van der Waals surface area contributed by atoms with Crippen molar-refractivity contribution in [2.75, 3.05) is 13.1 Å². The second-order valence-electron chi connectivity index (χ2n) is 3.67. The predicted molar refractivity (Wildman–Crippen MR) is 55.2 cm³/mol. The SMILES string of the molecule is Oc1cccc(CNC2CC[N]C2)c1. The van der Waals surface area contributed by atoms with Gasteiger partial charge >= 0.3 is 0 Å². The molecule has 1 aromatic carbocycles. The molecule has 0 bridgehead atoms. The highest BCUT2D eigenvalue weighted by Crippen LogP contribution is 2.11. The van der Waals surface area contributed by atoms with E-state index in [0.29, 0.717) is 11.8 Å². The molecule has 0 aromatic heterocycles. The van der Waals surface area contributed by atoms with E-state index in [9.17, 15) is 5.11 Å². The van der Waals surface area contributed by atoms with E-state index in [-0.39, 0.29) is 0 Å². The van der Waals surface area contributed by atoms with Crippen molar-refractivity contribution in [3.05, 3.63) is 29.8 Å². The second kappa shape index (κ2) is 4.44. The third-order valence-electron chi connectivity index (χ3n) is 2.49. The number of phenols is 1. The zero-order valence-corrected chi connectivity index (χ0v) is 8.11. The molecule has 1 aliphatic rings. The topological polar surface area (TPSA) is 46.4 Å². The highest BCUT2D eigenvalue weighted by Gasteiger charge is 2.13. The summed E-state index contributed by atoms with van der Waals surface area (Å²) in [6.45, 7) is 2.73. The zero-order chi connectivity index (χ0) is 9.80. The van der Waals surface area contributed by atoms with Crippen LogP contribution in [0.2, 0.25) is 0 Å². The van der Waals surface area contributed by atoms with E-state index in [4.69, 9.17) is 0 Å². The first-order valence-corrected chi connectivity index (χ1v) is 4.99. The smallest absolute Gasteiger partial charge is 0.115 e. The van der Waals surface area contributed by atoms with Gasteiger partial charge in [0.2, 0.25) is 0 Å². The number of hydrogen-bond acceptors (Lipinski definition) is 2. The minimum absolute atomic E-state index is 0.334. The van der Waals surface area contributed by atoms with E-state index in [0.717, 1.165) is 31.6 Å². The van der Waals surface area contributed by atoms with E-state index < -0.39 is 0 Å². The first-order valence-electron chi connectivity index (χ1n) is 4.99. The Labute approximate surface area is 84.1 Å². The van der Waals surface area contributed by atoms with Crippen molar-refractivity contribution in [2.45, 2.75) is 19.0 Å². The highest BCUT2D eigenvalue weighted by atomic mass is 16.3. The van der Waals surface area contributed by atoms with Crippen molar-refractivity contribution in [3.63, 3.8) is 0 Å². The lowest BCUT2D eigenvalue weighted by Gasteiger charge is -2.10. The van der Waals surface area contributed by atoms with Crippen molar-refractivity contribution in [3.8, 4) is 5.75 Å². The maximum Gasteiger partial charge on any atom is 0.115 e. The van der Waals surface area contributed by atoms with Crippen molar-refractivity contribution < 1.29 is 5.11 Å². The molecule has 0 amide bonds. The van der Waals surface area contributed by atoms with Crippen LogP contribution in [0.25, 0.3) is 0 Å². The fraction of sp³-hybridized carbons (Fsp3) is 0.455. The molecule has 1 aliphatic heterocycles. The van der Waals surface area contributed by atoms with Gasteiger partial charge in [0.1, 0.15) is 5.75 Å². The third-order valence-corrected chi connectivity index (χ3v) is 2.49. The summed E-state index contributed by atoms with van der Waals surface area (Å²) in [7, 11) is 0. The van der Waals surface area contributed by atoms with Gasteiger partial charge in [0.25, 0.3) is 0 Å². The van der Waals surface area contributed by atoms with E-state index in [1.165, 1.54) is 0 Å². The number of nitrogens with one attached hydrogen (secondary N) is 1. The number of aromatic hydroxyl groups is 1. The van der Waals surface area contributed by atoms with Crippen LogP contribution in [-0.4, -0.2) is 24.2 Å². The van der Waals surface area contributed by atoms with Crippen LogP contribution in [0, 0.1) is 0 Å². The van der Waals surface area contributed by atoms with Crippen molar-refractivity contribution >= 4 is 0 Å². The number of benzene rings is 1. The Morgan fingerprint density at radius 2 is 2.43 bits per heavy atom. The summed E-state index contributed by atoms with van der Waals surface area (Å²) in [5.74, 6) is 0.334. The van der Waals surface area contributed by atoms with Crippen LogP contribution in [0.4, 0.5) is 0 Å². The first kappa shape index (κ1) is 9.49. The predicted octanol–water partition coefficient (Wildman–Crippen LogP) is 0.859. The standard InChI is InChI=1S/C11H15N2O/c14-11-3-1-2-9(6-11)7-13-10-4-5-12-8-10/h1-3,6,10,13-14H,4-5,7-8H2. The maximum absolute atomic E-state index is 9.26. The molecule has 1 heterocycles. The molecular weight excluding hydrogens is 176 g/mol. The quantitative estimate of drug-likeness (QED) is 0.744. The average Bonchev–Trinajstić information content (AvgIpc) is 2.67. The molecule has 1 fully saturated rings. The largest absolute Gasteiger partial charge is 0.508 e. The molecule has 0 spiro atoms. The van der Waals surface area contributed by atoms with E-state index in [2.05, 4.69) is 10.6 Å². The van der Waals surface area contributed by atoms with Gasteiger partial charge in [-0.05, 0) is 24.1 Å². The van der Waals surface area contributed by atoms with Crippen molar-refractivity contribution in [1.29, 1.82) is 0 Å². The van der Waals surface area contributed by atoms with Gasteiger partial charge in [-0.15, -0.1) is 0 Å². The number of phenolic OH excluding ortho intramolecular Hbond substituents is 1. The number of rotatable bonds is 3. The van der Waals surface area contributed by atoms with Crippen LogP contribution >= 0.6 is 0 Å². The normalized spacial score (nSPS) is 21.3. The van der Waals surface area contributed by atoms with Crippen LogP contribution in [0.5, 0.6) is 5.75 Å². The van der Waals surface area contributed by atoms with E-state index in [1.807, 2.05) is 12.1 Å². The van der Waals surface area contributed by atoms with Gasteiger partial charge in [0.15, 0.2) is 0 Å². The molecule has 1 saturated heterocycles. The fourth-order valence-corrected chi connectivity index (χ4v) is 1.68. The van der Waals surface area contributed by atoms with Gasteiger partial charge in [0, 0.05) is 25.7 Å². The minimum Gasteiger partial charge on any atom is -0.508 e. The number of hydrogen-bond donors (Lipinski definition) is 2. The lowest BCUT2D eigenvalue weighted by Crippen LogP contribution is -2.29. The Morgan fingerprint density at radius 1 is 1.50 bits per heavy atom. The molecule has 3 heteroatoms. The summed E-state index contributed by atoms with van der Waals surface area (Å²) >= 11 is 0. The molecule has 1 aromatic rings. The third kappa shape index (κ3) is 2.47. The summed E-state index contributed by atoms with van der Waals surface area (Å²) in [4.78, 5) is 0. The van der Waals surface area contributed by atoms with Crippen LogP contribution in [-0.2, 0) is 6.54 Å². The molecule has 1 atom stereocenters. The zero-order valence-electron chi connectivity index (χ0n) is 8.11. The summed E-state index contributed by atoms with van der Waals surface area (Å²) < 4.78 is 0. The fourth-order valence-electron chi connectivity index (χ4n) is 1.68. The average molecular weight is 191 g/mol. The van der Waals surface area contributed by atoms with E-state index >= 15 is 0 Å². The molecule has 1 radical (unpaired) electrons. The second-order valence-corrected chi connectivity index (χ2v) is 3.67. The van der Waals surface area contributed by atoms with Gasteiger partial charge in [-0.2, -0.15) is 0 Å². The molecule has 1 unspecified atom stereocenters. The monoisotopic (exact) mass is 191 g/mol. The Morgan fingerprint density at radius 3 is 3.14 bits per heavy atom. The molecule has 2 rings (SSSR count). The van der Waals surface area contributed by atoms with Gasteiger partial charge in [-0.25, -0.2) is 5.32 Å². The highest BCUT2D eigenvalue weighted by molar-refractivity contribution is 5.26. The van der Waals surface area contributed by atoms with Crippen molar-refractivity contribution in [1.82, 2.24) is 10.6 Å². The molecule has 14 heavy (non-hydrogen) atoms. The lowest BCUT2D eigenvalue weighted by molar-refractivity contribution is 0.473. The van der Waals surface area contributed by atoms with Crippen LogP contribution in [0.15, 0.2) is 24.3 Å². The molecular formula is C11H15N2O. The lowest BCUT2D eigenvalue weighted by atomic mass is 10.2. The van der Waals surface area contributed by atoms with E-state index in [1.54, 1.807) is 12.1 Å². The van der Waals surface area contributed by atoms with Crippen LogP contribution in [0.1, 0.15) is 12.0 Å². The Kier molecular flexibility index (Phi) is 3.01. The summed E-state index contributed by atoms with van der Waals surface area (Å²) in [5, 5.41) is 17.0. The summed E-state index contributed by atoms with van der Waals surface area (Å²) in [6, 6.07) is 7.88. The minimum atomic E-state index is 0.334. The maximum atomic E-state index is 9.26. The van der Waals surface area contributed by atoms with Crippen molar-refractivity contribution in [2.24, 2.45) is 0 Å². The Hall–Kier alpha value is -1.06. The molecule has 0 saturated carbocycles. The van der Waals surface area contributed by atoms with Crippen LogP contribution in [0.3, 0.4) is 0 Å².